The third-order valence-electron chi connectivity index (χ3n) is 3.36. The van der Waals surface area contributed by atoms with Gasteiger partial charge in [0.25, 0.3) is 5.91 Å². The van der Waals surface area contributed by atoms with Gasteiger partial charge in [-0.1, -0.05) is 37.3 Å². The second kappa shape index (κ2) is 9.87. The van der Waals surface area contributed by atoms with Crippen LogP contribution < -0.4 is 10.6 Å². The lowest BCUT2D eigenvalue weighted by molar-refractivity contribution is -0.152. The minimum absolute atomic E-state index is 0.295. The van der Waals surface area contributed by atoms with Gasteiger partial charge in [-0.15, -0.1) is 5.10 Å². The molecule has 1 heterocycles. The van der Waals surface area contributed by atoms with Crippen LogP contribution in [0.4, 0.5) is 4.79 Å². The van der Waals surface area contributed by atoms with Crippen LogP contribution in [0.25, 0.3) is 0 Å². The van der Waals surface area contributed by atoms with Crippen molar-refractivity contribution in [2.45, 2.75) is 25.8 Å². The van der Waals surface area contributed by atoms with Crippen LogP contribution in [0.1, 0.15) is 24.9 Å². The van der Waals surface area contributed by atoms with E-state index in [-0.39, 0.29) is 0 Å². The largest absolute Gasteiger partial charge is 0.454 e. The third kappa shape index (κ3) is 5.96. The molecule has 3 amide bonds. The molecular formula is C16H20N6O4. The molecule has 1 atom stereocenters. The van der Waals surface area contributed by atoms with Gasteiger partial charge in [-0.25, -0.2) is 14.3 Å². The molecule has 0 saturated heterocycles. The Morgan fingerprint density at radius 2 is 2.00 bits per heavy atom. The topological polar surface area (TPSA) is 128 Å². The zero-order valence-corrected chi connectivity index (χ0v) is 14.3. The number of carbonyl (C=O) groups excluding carboxylic acids is 3. The first-order chi connectivity index (χ1) is 12.6. The van der Waals surface area contributed by atoms with Crippen molar-refractivity contribution in [3.05, 3.63) is 42.2 Å². The van der Waals surface area contributed by atoms with E-state index in [1.807, 2.05) is 37.3 Å². The lowest BCUT2D eigenvalue weighted by atomic mass is 10.1. The summed E-state index contributed by atoms with van der Waals surface area (Å²) in [4.78, 5) is 35.5. The van der Waals surface area contributed by atoms with Crippen molar-refractivity contribution in [3.8, 4) is 0 Å². The molecule has 10 heteroatoms. The Morgan fingerprint density at radius 3 is 2.65 bits per heavy atom. The Bertz CT molecular complexity index is 720. The average Bonchev–Trinajstić information content (AvgIpc) is 3.17. The predicted molar refractivity (Wildman–Crippen MR) is 89.8 cm³/mol. The van der Waals surface area contributed by atoms with Gasteiger partial charge in [0.05, 0.1) is 0 Å². The fourth-order valence-corrected chi connectivity index (χ4v) is 2.11. The summed E-state index contributed by atoms with van der Waals surface area (Å²) in [5.41, 5.74) is 0.883. The summed E-state index contributed by atoms with van der Waals surface area (Å²) in [5.74, 6) is -1.40. The van der Waals surface area contributed by atoms with Crippen molar-refractivity contribution in [2.75, 3.05) is 13.2 Å². The Balaban J connectivity index is 1.92. The van der Waals surface area contributed by atoms with Crippen LogP contribution in [0.5, 0.6) is 0 Å². The van der Waals surface area contributed by atoms with Crippen molar-refractivity contribution in [2.24, 2.45) is 0 Å². The molecule has 1 aromatic carbocycles. The number of aromatic nitrogens is 4. The Labute approximate surface area is 149 Å². The van der Waals surface area contributed by atoms with Gasteiger partial charge in [0.1, 0.15) is 6.33 Å². The van der Waals surface area contributed by atoms with Gasteiger partial charge in [0, 0.05) is 13.0 Å². The molecule has 138 valence electrons. The van der Waals surface area contributed by atoms with Crippen molar-refractivity contribution in [3.63, 3.8) is 0 Å². The maximum absolute atomic E-state index is 12.4. The summed E-state index contributed by atoms with van der Waals surface area (Å²) in [5, 5.41) is 15.3. The fraction of sp³-hybridized carbons (Fsp3) is 0.375. The standard InChI is InChI=1S/C16H20N6O4/c1-2-8-17-16(25)19-14(23)10-26-15(24)13(22-11-18-20-21-22)9-12-6-4-3-5-7-12/h3-7,11,13H,2,8-10H2,1H3,(H2,17,19,23,25)/t13-/m0/s1. The number of urea groups is 1. The van der Waals surface area contributed by atoms with Crippen molar-refractivity contribution < 1.29 is 19.1 Å². The number of ether oxygens (including phenoxy) is 1. The summed E-state index contributed by atoms with van der Waals surface area (Å²) in [6.45, 7) is 1.75. The normalized spacial score (nSPS) is 11.4. The number of carbonyl (C=O) groups is 3. The van der Waals surface area contributed by atoms with Crippen LogP contribution >= 0.6 is 0 Å². The highest BCUT2D eigenvalue weighted by atomic mass is 16.5. The number of esters is 1. The molecule has 2 rings (SSSR count). The number of nitrogens with one attached hydrogen (secondary N) is 2. The van der Waals surface area contributed by atoms with Gasteiger partial charge in [-0.2, -0.15) is 0 Å². The molecule has 26 heavy (non-hydrogen) atoms. The van der Waals surface area contributed by atoms with E-state index >= 15 is 0 Å². The molecular weight excluding hydrogens is 340 g/mol. The molecule has 0 saturated carbocycles. The maximum Gasteiger partial charge on any atom is 0.331 e. The molecule has 0 aliphatic rings. The van der Waals surface area contributed by atoms with Crippen LogP contribution in [0.3, 0.4) is 0 Å². The molecule has 10 nitrogen and oxygen atoms in total. The molecule has 0 spiro atoms. The minimum atomic E-state index is -0.825. The highest BCUT2D eigenvalue weighted by Crippen LogP contribution is 2.14. The van der Waals surface area contributed by atoms with Crippen molar-refractivity contribution >= 4 is 17.9 Å². The van der Waals surface area contributed by atoms with E-state index < -0.39 is 30.6 Å². The molecule has 2 N–H and O–H groups in total. The second-order valence-electron chi connectivity index (χ2n) is 5.41. The van der Waals surface area contributed by atoms with Crippen molar-refractivity contribution in [1.29, 1.82) is 0 Å². The molecule has 2 aromatic rings. The number of amides is 3. The van der Waals surface area contributed by atoms with Gasteiger partial charge in [-0.05, 0) is 22.4 Å². The first kappa shape index (κ1) is 19.0. The monoisotopic (exact) mass is 360 g/mol. The van der Waals surface area contributed by atoms with E-state index in [2.05, 4.69) is 26.2 Å². The maximum atomic E-state index is 12.4. The Hall–Kier alpha value is -3.30. The fourth-order valence-electron chi connectivity index (χ4n) is 2.11. The van der Waals surface area contributed by atoms with E-state index in [1.165, 1.54) is 11.0 Å². The van der Waals surface area contributed by atoms with E-state index in [1.54, 1.807) is 0 Å². The number of nitrogens with zero attached hydrogens (tertiary/aromatic N) is 4. The zero-order valence-electron chi connectivity index (χ0n) is 14.3. The third-order valence-corrected chi connectivity index (χ3v) is 3.36. The van der Waals surface area contributed by atoms with Gasteiger partial charge >= 0.3 is 12.0 Å². The first-order valence-electron chi connectivity index (χ1n) is 8.11. The predicted octanol–water partition coefficient (Wildman–Crippen LogP) is 0.236. The van der Waals surface area contributed by atoms with Crippen LogP contribution in [-0.2, 0) is 20.7 Å². The smallest absolute Gasteiger partial charge is 0.331 e. The van der Waals surface area contributed by atoms with Crippen LogP contribution in [0.15, 0.2) is 36.7 Å². The summed E-state index contributed by atoms with van der Waals surface area (Å²) in [7, 11) is 0. The molecule has 0 bridgehead atoms. The van der Waals surface area contributed by atoms with E-state index in [9.17, 15) is 14.4 Å². The van der Waals surface area contributed by atoms with Crippen molar-refractivity contribution in [1.82, 2.24) is 30.8 Å². The molecule has 0 aliphatic heterocycles. The number of rotatable bonds is 8. The lowest BCUT2D eigenvalue weighted by Crippen LogP contribution is -2.42. The molecule has 0 fully saturated rings. The van der Waals surface area contributed by atoms with Gasteiger partial charge < -0.3 is 10.1 Å². The summed E-state index contributed by atoms with van der Waals surface area (Å²) < 4.78 is 6.29. The summed E-state index contributed by atoms with van der Waals surface area (Å²) >= 11 is 0. The molecule has 0 aliphatic carbocycles. The summed E-state index contributed by atoms with van der Waals surface area (Å²) in [6.07, 6.45) is 2.33. The lowest BCUT2D eigenvalue weighted by Gasteiger charge is -2.15. The zero-order chi connectivity index (χ0) is 18.8. The first-order valence-corrected chi connectivity index (χ1v) is 8.11. The number of tetrazole rings is 1. The van der Waals surface area contributed by atoms with E-state index in [0.717, 1.165) is 12.0 Å². The number of hydrogen-bond acceptors (Lipinski definition) is 7. The van der Waals surface area contributed by atoms with Crippen LogP contribution in [-0.4, -0.2) is 51.3 Å². The molecule has 1 aromatic heterocycles. The van der Waals surface area contributed by atoms with E-state index in [0.29, 0.717) is 13.0 Å². The van der Waals surface area contributed by atoms with Gasteiger partial charge in [-0.3, -0.25) is 10.1 Å². The van der Waals surface area contributed by atoms with Gasteiger partial charge in [0.2, 0.25) is 0 Å². The number of hydrogen-bond donors (Lipinski definition) is 2. The average molecular weight is 360 g/mol. The summed E-state index contributed by atoms with van der Waals surface area (Å²) in [6, 6.07) is 7.81. The quantitative estimate of drug-likeness (QED) is 0.645. The van der Waals surface area contributed by atoms with Crippen LogP contribution in [0.2, 0.25) is 0 Å². The van der Waals surface area contributed by atoms with Gasteiger partial charge in [0.15, 0.2) is 12.6 Å². The number of benzene rings is 1. The Morgan fingerprint density at radius 1 is 1.23 bits per heavy atom. The minimum Gasteiger partial charge on any atom is -0.454 e. The van der Waals surface area contributed by atoms with E-state index in [4.69, 9.17) is 4.74 Å². The molecule has 0 unspecified atom stereocenters. The van der Waals surface area contributed by atoms with Crippen LogP contribution in [0, 0.1) is 0 Å². The highest BCUT2D eigenvalue weighted by molar-refractivity contribution is 5.95. The number of imide groups is 1. The Kier molecular flexibility index (Phi) is 7.22. The molecule has 0 radical (unpaired) electrons. The second-order valence-corrected chi connectivity index (χ2v) is 5.41. The highest BCUT2D eigenvalue weighted by Gasteiger charge is 2.25. The SMILES string of the molecule is CCCNC(=O)NC(=O)COC(=O)[C@H](Cc1ccccc1)n1cnnn1.